The highest BCUT2D eigenvalue weighted by atomic mass is 32.2. The van der Waals surface area contributed by atoms with Gasteiger partial charge in [0.1, 0.15) is 5.56 Å². The first-order chi connectivity index (χ1) is 14.6. The number of aryl methyl sites for hydroxylation is 1. The largest absolute Gasteiger partial charge is 0.350 e. The summed E-state index contributed by atoms with van der Waals surface area (Å²) in [6.45, 7) is 8.56. The van der Waals surface area contributed by atoms with Crippen LogP contribution in [-0.4, -0.2) is 42.3 Å². The lowest BCUT2D eigenvalue weighted by molar-refractivity contribution is 0.0889. The number of rotatable bonds is 6. The lowest BCUT2D eigenvalue weighted by atomic mass is 9.78. The molecule has 1 saturated carbocycles. The molecule has 0 aliphatic heterocycles. The molecule has 1 amide bonds. The minimum Gasteiger partial charge on any atom is -0.350 e. The Morgan fingerprint density at radius 2 is 1.87 bits per heavy atom. The van der Waals surface area contributed by atoms with Gasteiger partial charge >= 0.3 is 0 Å². The first-order valence-corrected chi connectivity index (χ1v) is 12.5. The molecule has 7 nitrogen and oxygen atoms in total. The quantitative estimate of drug-likeness (QED) is 0.737. The van der Waals surface area contributed by atoms with Crippen LogP contribution in [0.4, 0.5) is 0 Å². The number of amides is 1. The van der Waals surface area contributed by atoms with E-state index in [1.165, 1.54) is 22.6 Å². The van der Waals surface area contributed by atoms with Crippen LogP contribution in [0.1, 0.15) is 57.3 Å². The van der Waals surface area contributed by atoms with Crippen LogP contribution in [-0.2, 0) is 17.1 Å². The van der Waals surface area contributed by atoms with E-state index < -0.39 is 21.4 Å². The molecule has 0 unspecified atom stereocenters. The molecule has 1 aromatic carbocycles. The smallest absolute Gasteiger partial charge is 0.256 e. The van der Waals surface area contributed by atoms with Crippen LogP contribution in [0.5, 0.6) is 0 Å². The second kappa shape index (κ2) is 9.12. The Hall–Kier alpha value is -2.19. The zero-order valence-corrected chi connectivity index (χ0v) is 19.8. The van der Waals surface area contributed by atoms with Crippen LogP contribution in [0.15, 0.2) is 34.1 Å². The lowest BCUT2D eigenvalue weighted by Crippen LogP contribution is -2.45. The number of benzene rings is 1. The van der Waals surface area contributed by atoms with E-state index in [4.69, 9.17) is 0 Å². The second-order valence-electron chi connectivity index (χ2n) is 8.60. The predicted octanol–water partition coefficient (Wildman–Crippen LogP) is 3.12. The normalized spacial score (nSPS) is 22.1. The van der Waals surface area contributed by atoms with Crippen molar-refractivity contribution in [1.82, 2.24) is 14.2 Å². The first-order valence-electron chi connectivity index (χ1n) is 11.1. The summed E-state index contributed by atoms with van der Waals surface area (Å²) in [5, 5.41) is 3.28. The van der Waals surface area contributed by atoms with Crippen LogP contribution >= 0.6 is 0 Å². The van der Waals surface area contributed by atoms with E-state index >= 15 is 0 Å². The molecule has 1 N–H and O–H groups in total. The Morgan fingerprint density at radius 3 is 2.52 bits per heavy atom. The van der Waals surface area contributed by atoms with Crippen molar-refractivity contribution in [2.75, 3.05) is 13.1 Å². The van der Waals surface area contributed by atoms with Gasteiger partial charge in [-0.2, -0.15) is 4.31 Å². The number of pyridine rings is 1. The van der Waals surface area contributed by atoms with Crippen LogP contribution in [0.2, 0.25) is 0 Å². The summed E-state index contributed by atoms with van der Waals surface area (Å²) in [7, 11) is -1.95. The summed E-state index contributed by atoms with van der Waals surface area (Å²) in [5.74, 6) is 0.463. The highest BCUT2D eigenvalue weighted by Crippen LogP contribution is 2.29. The standard InChI is InChI=1S/C23H33N3O4S/c1-6-26(7-2)31(29,30)17-11-12-21-18(13-17)22(27)19(14-25(21)5)23(28)24-20-10-8-9-15(3)16(20)4/h11-16,20H,6-10H2,1-5H3,(H,24,28)/t15-,16-,20-/m1/s1. The summed E-state index contributed by atoms with van der Waals surface area (Å²) in [6, 6.07) is 4.57. The molecule has 1 aromatic heterocycles. The highest BCUT2D eigenvalue weighted by molar-refractivity contribution is 7.89. The fraction of sp³-hybridized carbons (Fsp3) is 0.565. The van der Waals surface area contributed by atoms with Gasteiger partial charge in [0.2, 0.25) is 15.5 Å². The van der Waals surface area contributed by atoms with E-state index in [0.29, 0.717) is 30.4 Å². The number of aromatic nitrogens is 1. The fourth-order valence-electron chi connectivity index (χ4n) is 4.54. The van der Waals surface area contributed by atoms with Gasteiger partial charge in [0, 0.05) is 37.8 Å². The van der Waals surface area contributed by atoms with Crippen molar-refractivity contribution in [2.45, 2.75) is 57.9 Å². The topological polar surface area (TPSA) is 88.5 Å². The van der Waals surface area contributed by atoms with Gasteiger partial charge in [-0.15, -0.1) is 0 Å². The monoisotopic (exact) mass is 447 g/mol. The predicted molar refractivity (Wildman–Crippen MR) is 123 cm³/mol. The number of hydrogen-bond acceptors (Lipinski definition) is 4. The van der Waals surface area contributed by atoms with E-state index in [2.05, 4.69) is 19.2 Å². The minimum absolute atomic E-state index is 0.0334. The van der Waals surface area contributed by atoms with Crippen molar-refractivity contribution in [1.29, 1.82) is 0 Å². The molecular weight excluding hydrogens is 414 g/mol. The van der Waals surface area contributed by atoms with Crippen LogP contribution in [0.25, 0.3) is 10.9 Å². The number of sulfonamides is 1. The molecular formula is C23H33N3O4S. The highest BCUT2D eigenvalue weighted by Gasteiger charge is 2.29. The summed E-state index contributed by atoms with van der Waals surface area (Å²) < 4.78 is 28.9. The van der Waals surface area contributed by atoms with Crippen LogP contribution < -0.4 is 10.7 Å². The molecule has 0 spiro atoms. The van der Waals surface area contributed by atoms with Gasteiger partial charge in [-0.05, 0) is 36.5 Å². The Morgan fingerprint density at radius 1 is 1.19 bits per heavy atom. The lowest BCUT2D eigenvalue weighted by Gasteiger charge is -2.34. The molecule has 2 aromatic rings. The Bertz CT molecular complexity index is 1140. The first kappa shape index (κ1) is 23.5. The number of nitrogens with zero attached hydrogens (tertiary/aromatic N) is 2. The van der Waals surface area contributed by atoms with Gasteiger partial charge < -0.3 is 9.88 Å². The molecule has 1 aliphatic rings. The van der Waals surface area contributed by atoms with Crippen molar-refractivity contribution in [3.8, 4) is 0 Å². The van der Waals surface area contributed by atoms with E-state index in [1.54, 1.807) is 31.5 Å². The maximum absolute atomic E-state index is 13.2. The van der Waals surface area contributed by atoms with E-state index in [-0.39, 0.29) is 21.9 Å². The Kier molecular flexibility index (Phi) is 6.91. The average Bonchev–Trinajstić information content (AvgIpc) is 2.74. The number of nitrogens with one attached hydrogen (secondary N) is 1. The number of hydrogen-bond donors (Lipinski definition) is 1. The summed E-state index contributed by atoms with van der Waals surface area (Å²) >= 11 is 0. The van der Waals surface area contributed by atoms with Crippen LogP contribution in [0, 0.1) is 11.8 Å². The van der Waals surface area contributed by atoms with Gasteiger partial charge in [-0.25, -0.2) is 8.42 Å². The Balaban J connectivity index is 2.03. The zero-order chi connectivity index (χ0) is 22.9. The molecule has 1 heterocycles. The zero-order valence-electron chi connectivity index (χ0n) is 19.0. The number of carbonyl (C=O) groups excluding carboxylic acids is 1. The second-order valence-corrected chi connectivity index (χ2v) is 10.5. The average molecular weight is 448 g/mol. The van der Waals surface area contributed by atoms with E-state index in [0.717, 1.165) is 19.3 Å². The molecule has 3 atom stereocenters. The van der Waals surface area contributed by atoms with Crippen molar-refractivity contribution >= 4 is 26.8 Å². The molecule has 1 aliphatic carbocycles. The minimum atomic E-state index is -3.71. The van der Waals surface area contributed by atoms with Gasteiger partial charge in [-0.1, -0.05) is 40.5 Å². The molecule has 0 saturated heterocycles. The summed E-state index contributed by atoms with van der Waals surface area (Å²) in [4.78, 5) is 26.3. The number of carbonyl (C=O) groups is 1. The SMILES string of the molecule is CCN(CC)S(=O)(=O)c1ccc2c(c1)c(=O)c(C(=O)N[C@@H]1CCC[C@@H](C)[C@H]1C)cn2C. The molecule has 8 heteroatoms. The van der Waals surface area contributed by atoms with Crippen LogP contribution in [0.3, 0.4) is 0 Å². The molecule has 31 heavy (non-hydrogen) atoms. The number of fused-ring (bicyclic) bond motifs is 1. The fourth-order valence-corrected chi connectivity index (χ4v) is 6.02. The van der Waals surface area contributed by atoms with Crippen molar-refractivity contribution in [3.05, 3.63) is 40.2 Å². The summed E-state index contributed by atoms with van der Waals surface area (Å²) in [5.41, 5.74) is 0.177. The molecule has 1 fully saturated rings. The third-order valence-corrected chi connectivity index (χ3v) is 8.82. The van der Waals surface area contributed by atoms with E-state index in [9.17, 15) is 18.0 Å². The van der Waals surface area contributed by atoms with Gasteiger partial charge in [0.15, 0.2) is 0 Å². The van der Waals surface area contributed by atoms with Gasteiger partial charge in [-0.3, -0.25) is 9.59 Å². The maximum atomic E-state index is 13.2. The van der Waals surface area contributed by atoms with Gasteiger partial charge in [0.05, 0.1) is 10.4 Å². The third kappa shape index (κ3) is 4.41. The third-order valence-electron chi connectivity index (χ3n) is 6.77. The van der Waals surface area contributed by atoms with Gasteiger partial charge in [0.25, 0.3) is 5.91 Å². The maximum Gasteiger partial charge on any atom is 0.256 e. The van der Waals surface area contributed by atoms with E-state index in [1.807, 2.05) is 0 Å². The molecule has 0 radical (unpaired) electrons. The molecule has 3 rings (SSSR count). The van der Waals surface area contributed by atoms with Crippen molar-refractivity contribution < 1.29 is 13.2 Å². The summed E-state index contributed by atoms with van der Waals surface area (Å²) in [6.07, 6.45) is 4.64. The molecule has 170 valence electrons. The molecule has 0 bridgehead atoms. The van der Waals surface area contributed by atoms with Crippen molar-refractivity contribution in [3.63, 3.8) is 0 Å². The Labute approximate surface area is 184 Å². The van der Waals surface area contributed by atoms with Crippen molar-refractivity contribution in [2.24, 2.45) is 18.9 Å².